The molecule has 1 heterocycles. The lowest BCUT2D eigenvalue weighted by molar-refractivity contribution is 0.0335. The molecule has 5 nitrogen and oxygen atoms in total. The van der Waals surface area contributed by atoms with Gasteiger partial charge in [0.15, 0.2) is 0 Å². The van der Waals surface area contributed by atoms with Crippen molar-refractivity contribution in [2.75, 3.05) is 25.1 Å². The maximum Gasteiger partial charge on any atom is 0.338 e. The van der Waals surface area contributed by atoms with Gasteiger partial charge in [-0.1, -0.05) is 6.07 Å². The zero-order valence-corrected chi connectivity index (χ0v) is 13.0. The number of nitrogens with one attached hydrogen (secondary N) is 1. The van der Waals surface area contributed by atoms with E-state index >= 15 is 0 Å². The van der Waals surface area contributed by atoms with Crippen LogP contribution in [0.1, 0.15) is 27.0 Å². The van der Waals surface area contributed by atoms with Crippen molar-refractivity contribution in [3.05, 3.63) is 52.2 Å². The van der Waals surface area contributed by atoms with Crippen LogP contribution in [0.2, 0.25) is 0 Å². The number of rotatable bonds is 7. The summed E-state index contributed by atoms with van der Waals surface area (Å²) in [5.41, 5.74) is 1.06. The highest BCUT2D eigenvalue weighted by Crippen LogP contribution is 2.14. The van der Waals surface area contributed by atoms with Crippen molar-refractivity contribution in [3.63, 3.8) is 0 Å². The summed E-state index contributed by atoms with van der Waals surface area (Å²) in [5.74, 6) is -0.571. The van der Waals surface area contributed by atoms with Crippen molar-refractivity contribution in [1.82, 2.24) is 0 Å². The number of amides is 1. The molecular formula is C16H17NO4S. The second-order valence-corrected chi connectivity index (χ2v) is 5.29. The van der Waals surface area contributed by atoms with Gasteiger partial charge in [0.1, 0.15) is 6.61 Å². The van der Waals surface area contributed by atoms with Crippen LogP contribution >= 0.6 is 11.3 Å². The van der Waals surface area contributed by atoms with E-state index in [2.05, 4.69) is 5.32 Å². The molecule has 2 aromatic rings. The summed E-state index contributed by atoms with van der Waals surface area (Å²) in [7, 11) is 0. The van der Waals surface area contributed by atoms with Gasteiger partial charge in [0.2, 0.25) is 0 Å². The third-order valence-corrected chi connectivity index (χ3v) is 3.66. The second kappa shape index (κ2) is 8.31. The highest BCUT2D eigenvalue weighted by molar-refractivity contribution is 7.12. The molecule has 2 rings (SSSR count). The van der Waals surface area contributed by atoms with Crippen LogP contribution < -0.4 is 5.32 Å². The van der Waals surface area contributed by atoms with Crippen molar-refractivity contribution in [3.8, 4) is 0 Å². The van der Waals surface area contributed by atoms with E-state index in [0.29, 0.717) is 29.3 Å². The predicted molar refractivity (Wildman–Crippen MR) is 85.5 cm³/mol. The van der Waals surface area contributed by atoms with Gasteiger partial charge in [-0.3, -0.25) is 4.79 Å². The van der Waals surface area contributed by atoms with E-state index in [4.69, 9.17) is 9.47 Å². The number of carbonyl (C=O) groups excluding carboxylic acids is 2. The summed E-state index contributed by atoms with van der Waals surface area (Å²) in [5, 5.41) is 4.61. The maximum atomic E-state index is 11.9. The summed E-state index contributed by atoms with van der Waals surface area (Å²) in [6.45, 7) is 3.09. The molecular weight excluding hydrogens is 302 g/mol. The zero-order valence-electron chi connectivity index (χ0n) is 12.2. The molecule has 6 heteroatoms. The van der Waals surface area contributed by atoms with Crippen LogP contribution in [0, 0.1) is 0 Å². The number of anilines is 1. The van der Waals surface area contributed by atoms with Crippen LogP contribution in [0.25, 0.3) is 0 Å². The monoisotopic (exact) mass is 319 g/mol. The van der Waals surface area contributed by atoms with Crippen molar-refractivity contribution >= 4 is 28.9 Å². The molecule has 0 fully saturated rings. The highest BCUT2D eigenvalue weighted by atomic mass is 32.1. The fourth-order valence-electron chi connectivity index (χ4n) is 1.71. The summed E-state index contributed by atoms with van der Waals surface area (Å²) in [4.78, 5) is 24.3. The molecule has 22 heavy (non-hydrogen) atoms. The first kappa shape index (κ1) is 16.2. The Morgan fingerprint density at radius 2 is 1.91 bits per heavy atom. The Balaban J connectivity index is 1.87. The first-order chi connectivity index (χ1) is 10.7. The fourth-order valence-corrected chi connectivity index (χ4v) is 2.33. The standard InChI is InChI=1S/C16H17NO4S/c1-2-20-9-10-21-16(19)12-5-7-13(8-6-12)17-15(18)14-4-3-11-22-14/h3-8,11H,2,9-10H2,1H3,(H,17,18). The lowest BCUT2D eigenvalue weighted by Gasteiger charge is -2.06. The van der Waals surface area contributed by atoms with Gasteiger partial charge < -0.3 is 14.8 Å². The maximum absolute atomic E-state index is 11.9. The minimum atomic E-state index is -0.407. The van der Waals surface area contributed by atoms with E-state index in [0.717, 1.165) is 0 Å². The van der Waals surface area contributed by atoms with Gasteiger partial charge in [-0.15, -0.1) is 11.3 Å². The van der Waals surface area contributed by atoms with Gasteiger partial charge >= 0.3 is 5.97 Å². The number of carbonyl (C=O) groups is 2. The van der Waals surface area contributed by atoms with Crippen molar-refractivity contribution < 1.29 is 19.1 Å². The van der Waals surface area contributed by atoms with Crippen molar-refractivity contribution in [2.45, 2.75) is 6.92 Å². The smallest absolute Gasteiger partial charge is 0.338 e. The predicted octanol–water partition coefficient (Wildman–Crippen LogP) is 3.19. The molecule has 0 atom stereocenters. The second-order valence-electron chi connectivity index (χ2n) is 4.34. The number of benzene rings is 1. The molecule has 0 aliphatic rings. The van der Waals surface area contributed by atoms with Gasteiger partial charge in [-0.2, -0.15) is 0 Å². The molecule has 0 bridgehead atoms. The zero-order chi connectivity index (χ0) is 15.8. The number of ether oxygens (including phenoxy) is 2. The third kappa shape index (κ3) is 4.68. The summed E-state index contributed by atoms with van der Waals surface area (Å²) < 4.78 is 10.2. The Bertz CT molecular complexity index is 608. The van der Waals surface area contributed by atoms with E-state index in [1.165, 1.54) is 11.3 Å². The Labute approximate surface area is 132 Å². The molecule has 1 amide bonds. The van der Waals surface area contributed by atoms with Crippen LogP contribution in [0.4, 0.5) is 5.69 Å². The van der Waals surface area contributed by atoms with Gasteiger partial charge in [-0.25, -0.2) is 4.79 Å². The molecule has 1 N–H and O–H groups in total. The average molecular weight is 319 g/mol. The molecule has 1 aromatic carbocycles. The first-order valence-corrected chi connectivity index (χ1v) is 7.78. The summed E-state index contributed by atoms with van der Waals surface area (Å²) >= 11 is 1.37. The van der Waals surface area contributed by atoms with Gasteiger partial charge in [0.25, 0.3) is 5.91 Å². The van der Waals surface area contributed by atoms with E-state index in [1.807, 2.05) is 18.4 Å². The molecule has 0 saturated carbocycles. The van der Waals surface area contributed by atoms with Crippen LogP contribution in [0.5, 0.6) is 0 Å². The van der Waals surface area contributed by atoms with Crippen LogP contribution in [-0.2, 0) is 9.47 Å². The Hall–Kier alpha value is -2.18. The molecule has 0 radical (unpaired) electrons. The minimum Gasteiger partial charge on any atom is -0.460 e. The average Bonchev–Trinajstić information content (AvgIpc) is 3.06. The molecule has 116 valence electrons. The van der Waals surface area contributed by atoms with Crippen LogP contribution in [0.3, 0.4) is 0 Å². The lowest BCUT2D eigenvalue weighted by Crippen LogP contribution is -2.12. The summed E-state index contributed by atoms with van der Waals surface area (Å²) in [6.07, 6.45) is 0. The molecule has 0 spiro atoms. The van der Waals surface area contributed by atoms with E-state index < -0.39 is 5.97 Å². The van der Waals surface area contributed by atoms with E-state index in [-0.39, 0.29) is 12.5 Å². The van der Waals surface area contributed by atoms with Crippen LogP contribution in [0.15, 0.2) is 41.8 Å². The normalized spacial score (nSPS) is 10.2. The SMILES string of the molecule is CCOCCOC(=O)c1ccc(NC(=O)c2cccs2)cc1. The Kier molecular flexibility index (Phi) is 6.12. The first-order valence-electron chi connectivity index (χ1n) is 6.90. The Morgan fingerprint density at radius 1 is 1.14 bits per heavy atom. The number of thiophene rings is 1. The van der Waals surface area contributed by atoms with Gasteiger partial charge in [-0.05, 0) is 42.6 Å². The lowest BCUT2D eigenvalue weighted by atomic mass is 10.2. The van der Waals surface area contributed by atoms with E-state index in [9.17, 15) is 9.59 Å². The van der Waals surface area contributed by atoms with E-state index in [1.54, 1.807) is 30.3 Å². The third-order valence-electron chi connectivity index (χ3n) is 2.79. The number of hydrogen-bond acceptors (Lipinski definition) is 5. The fraction of sp³-hybridized carbons (Fsp3) is 0.250. The van der Waals surface area contributed by atoms with Crippen molar-refractivity contribution in [1.29, 1.82) is 0 Å². The van der Waals surface area contributed by atoms with Crippen molar-refractivity contribution in [2.24, 2.45) is 0 Å². The van der Waals surface area contributed by atoms with Gasteiger partial charge in [0, 0.05) is 12.3 Å². The molecule has 0 aliphatic heterocycles. The largest absolute Gasteiger partial charge is 0.460 e. The van der Waals surface area contributed by atoms with Crippen LogP contribution in [-0.4, -0.2) is 31.7 Å². The highest BCUT2D eigenvalue weighted by Gasteiger charge is 2.09. The minimum absolute atomic E-state index is 0.165. The molecule has 0 saturated heterocycles. The van der Waals surface area contributed by atoms with Gasteiger partial charge in [0.05, 0.1) is 17.0 Å². The summed E-state index contributed by atoms with van der Waals surface area (Å²) in [6, 6.07) is 10.2. The molecule has 1 aromatic heterocycles. The number of esters is 1. The molecule has 0 aliphatic carbocycles. The molecule has 0 unspecified atom stereocenters. The number of hydrogen-bond donors (Lipinski definition) is 1. The Morgan fingerprint density at radius 3 is 2.55 bits per heavy atom. The quantitative estimate of drug-likeness (QED) is 0.629. The topological polar surface area (TPSA) is 64.6 Å².